The van der Waals surface area contributed by atoms with Crippen molar-refractivity contribution in [3.8, 4) is 0 Å². The lowest BCUT2D eigenvalue weighted by molar-refractivity contribution is -0.141. The molecule has 1 aliphatic rings. The highest BCUT2D eigenvalue weighted by Crippen LogP contribution is 2.18. The summed E-state index contributed by atoms with van der Waals surface area (Å²) >= 11 is 3.14. The molecule has 6 heteroatoms. The molecule has 0 aromatic carbocycles. The van der Waals surface area contributed by atoms with Gasteiger partial charge in [-0.2, -0.15) is 23.5 Å². The van der Waals surface area contributed by atoms with Crippen molar-refractivity contribution in [3.05, 3.63) is 0 Å². The molecule has 0 aliphatic carbocycles. The molecule has 1 aliphatic heterocycles. The van der Waals surface area contributed by atoms with Gasteiger partial charge < -0.3 is 9.80 Å². The first-order valence-electron chi connectivity index (χ1n) is 6.57. The molecule has 0 bridgehead atoms. The Hall–Kier alpha value is -0.360. The van der Waals surface area contributed by atoms with Gasteiger partial charge >= 0.3 is 0 Å². The average molecular weight is 304 g/mol. The lowest BCUT2D eigenvalue weighted by Gasteiger charge is -2.41. The summed E-state index contributed by atoms with van der Waals surface area (Å²) in [4.78, 5) is 28.1. The van der Waals surface area contributed by atoms with E-state index in [0.29, 0.717) is 19.6 Å². The molecule has 1 rings (SSSR count). The van der Waals surface area contributed by atoms with Gasteiger partial charge in [0.15, 0.2) is 0 Å². The first-order chi connectivity index (χ1) is 8.92. The van der Waals surface area contributed by atoms with Crippen LogP contribution in [0.5, 0.6) is 0 Å². The van der Waals surface area contributed by atoms with Crippen LogP contribution in [0.25, 0.3) is 0 Å². The number of carbonyl (C=O) groups excluding carboxylic acids is 2. The largest absolute Gasteiger partial charge is 0.338 e. The van der Waals surface area contributed by atoms with Crippen LogP contribution in [0.15, 0.2) is 0 Å². The Morgan fingerprint density at radius 3 is 2.05 bits per heavy atom. The molecule has 2 amide bonds. The maximum absolute atomic E-state index is 12.2. The van der Waals surface area contributed by atoms with Gasteiger partial charge in [0.25, 0.3) is 0 Å². The number of amides is 2. The highest BCUT2D eigenvalue weighted by atomic mass is 32.2. The normalized spacial score (nSPS) is 23.1. The third-order valence-corrected chi connectivity index (χ3v) is 5.44. The Labute approximate surface area is 124 Å². The predicted molar refractivity (Wildman–Crippen MR) is 83.7 cm³/mol. The fraction of sp³-hybridized carbons (Fsp3) is 0.846. The zero-order valence-corrected chi connectivity index (χ0v) is 14.0. The number of hydrogen-bond donors (Lipinski definition) is 0. The minimum Gasteiger partial charge on any atom is -0.338 e. The molecule has 0 aromatic rings. The van der Waals surface area contributed by atoms with Gasteiger partial charge in [-0.15, -0.1) is 0 Å². The van der Waals surface area contributed by atoms with Crippen LogP contribution in [0.2, 0.25) is 0 Å². The summed E-state index contributed by atoms with van der Waals surface area (Å²) in [7, 11) is 0. The van der Waals surface area contributed by atoms with E-state index >= 15 is 0 Å². The maximum Gasteiger partial charge on any atom is 0.235 e. The third-order valence-electron chi connectivity index (χ3n) is 3.62. The Kier molecular flexibility index (Phi) is 6.53. The number of thioether (sulfide) groups is 2. The molecule has 1 saturated heterocycles. The molecule has 1 fully saturated rings. The van der Waals surface area contributed by atoms with E-state index in [-0.39, 0.29) is 28.4 Å². The van der Waals surface area contributed by atoms with Crippen molar-refractivity contribution in [2.45, 2.75) is 37.3 Å². The lowest BCUT2D eigenvalue weighted by atomic mass is 10.1. The van der Waals surface area contributed by atoms with E-state index in [1.165, 1.54) is 0 Å². The van der Waals surface area contributed by atoms with Gasteiger partial charge in [-0.1, -0.05) is 0 Å². The monoisotopic (exact) mass is 304 g/mol. The summed E-state index contributed by atoms with van der Waals surface area (Å²) in [5.74, 6) is 0.370. The summed E-state index contributed by atoms with van der Waals surface area (Å²) in [6, 6.07) is 0.105. The summed E-state index contributed by atoms with van der Waals surface area (Å²) < 4.78 is 0. The van der Waals surface area contributed by atoms with Crippen molar-refractivity contribution < 1.29 is 9.59 Å². The standard InChI is InChI=1S/C13H24N2O2S2/c1-9-8-14(12(16)10(2)18-4)6-7-15(9)13(17)11(3)19-5/h9-11H,6-8H2,1-5H3/t9-,10-,11+/m1/s1. The van der Waals surface area contributed by atoms with Gasteiger partial charge in [-0.05, 0) is 33.3 Å². The smallest absolute Gasteiger partial charge is 0.235 e. The molecule has 1 heterocycles. The highest BCUT2D eigenvalue weighted by molar-refractivity contribution is 8.00. The highest BCUT2D eigenvalue weighted by Gasteiger charge is 2.32. The quantitative estimate of drug-likeness (QED) is 0.790. The van der Waals surface area contributed by atoms with Crippen molar-refractivity contribution >= 4 is 35.3 Å². The van der Waals surface area contributed by atoms with Crippen molar-refractivity contribution in [1.82, 2.24) is 9.80 Å². The number of piperazine rings is 1. The van der Waals surface area contributed by atoms with E-state index < -0.39 is 0 Å². The topological polar surface area (TPSA) is 40.6 Å². The lowest BCUT2D eigenvalue weighted by Crippen LogP contribution is -2.57. The minimum absolute atomic E-state index is 0.000396. The molecule has 4 nitrogen and oxygen atoms in total. The molecule has 0 radical (unpaired) electrons. The van der Waals surface area contributed by atoms with Crippen LogP contribution >= 0.6 is 23.5 Å². The second kappa shape index (κ2) is 7.43. The first-order valence-corrected chi connectivity index (χ1v) is 9.14. The molecule has 0 unspecified atom stereocenters. The molecular formula is C13H24N2O2S2. The Morgan fingerprint density at radius 1 is 1.05 bits per heavy atom. The van der Waals surface area contributed by atoms with Gasteiger partial charge in [0.2, 0.25) is 11.8 Å². The van der Waals surface area contributed by atoms with Gasteiger partial charge in [0.05, 0.1) is 10.5 Å². The number of nitrogens with zero attached hydrogens (tertiary/aromatic N) is 2. The molecule has 0 aromatic heterocycles. The predicted octanol–water partition coefficient (Wildman–Crippen LogP) is 1.55. The number of carbonyl (C=O) groups is 2. The van der Waals surface area contributed by atoms with Crippen LogP contribution in [0, 0.1) is 0 Å². The second-order valence-corrected chi connectivity index (χ2v) is 7.28. The van der Waals surface area contributed by atoms with Crippen LogP contribution in [0.3, 0.4) is 0 Å². The fourth-order valence-corrected chi connectivity index (χ4v) is 2.87. The van der Waals surface area contributed by atoms with Crippen LogP contribution in [0.1, 0.15) is 20.8 Å². The summed E-state index contributed by atoms with van der Waals surface area (Å²) in [6.45, 7) is 7.85. The van der Waals surface area contributed by atoms with E-state index in [9.17, 15) is 9.59 Å². The zero-order chi connectivity index (χ0) is 14.6. The van der Waals surface area contributed by atoms with Crippen LogP contribution < -0.4 is 0 Å². The van der Waals surface area contributed by atoms with Gasteiger partial charge in [-0.3, -0.25) is 9.59 Å². The molecular weight excluding hydrogens is 280 g/mol. The number of rotatable bonds is 4. The first kappa shape index (κ1) is 16.7. The van der Waals surface area contributed by atoms with E-state index in [0.717, 1.165) is 0 Å². The van der Waals surface area contributed by atoms with Crippen molar-refractivity contribution in [3.63, 3.8) is 0 Å². The molecule has 110 valence electrons. The van der Waals surface area contributed by atoms with E-state index in [1.807, 2.05) is 43.1 Å². The Bertz CT molecular complexity index is 339. The molecule has 3 atom stereocenters. The van der Waals surface area contributed by atoms with Crippen LogP contribution in [-0.2, 0) is 9.59 Å². The maximum atomic E-state index is 12.2. The van der Waals surface area contributed by atoms with E-state index in [1.54, 1.807) is 23.5 Å². The van der Waals surface area contributed by atoms with Gasteiger partial charge in [-0.25, -0.2) is 0 Å². The van der Waals surface area contributed by atoms with E-state index in [4.69, 9.17) is 0 Å². The summed E-state index contributed by atoms with van der Waals surface area (Å²) in [5, 5.41) is -0.00519. The average Bonchev–Trinajstić information content (AvgIpc) is 2.43. The second-order valence-electron chi connectivity index (χ2n) is 4.92. The minimum atomic E-state index is -0.00479. The summed E-state index contributed by atoms with van der Waals surface area (Å²) in [6.07, 6.45) is 3.90. The van der Waals surface area contributed by atoms with Gasteiger partial charge in [0.1, 0.15) is 0 Å². The Balaban J connectivity index is 2.61. The van der Waals surface area contributed by atoms with Gasteiger partial charge in [0, 0.05) is 25.7 Å². The molecule has 19 heavy (non-hydrogen) atoms. The Morgan fingerprint density at radius 2 is 1.58 bits per heavy atom. The van der Waals surface area contributed by atoms with Crippen molar-refractivity contribution in [2.75, 3.05) is 32.1 Å². The zero-order valence-electron chi connectivity index (χ0n) is 12.4. The van der Waals surface area contributed by atoms with Crippen LogP contribution in [-0.4, -0.2) is 70.3 Å². The SMILES string of the molecule is CS[C@@H](C)C(=O)N1CCN(C(=O)[C@@H](C)SC)C[C@H]1C. The molecule has 0 N–H and O–H groups in total. The van der Waals surface area contributed by atoms with Crippen molar-refractivity contribution in [1.29, 1.82) is 0 Å². The number of hydrogen-bond acceptors (Lipinski definition) is 4. The fourth-order valence-electron chi connectivity index (χ4n) is 2.18. The van der Waals surface area contributed by atoms with Crippen molar-refractivity contribution in [2.24, 2.45) is 0 Å². The van der Waals surface area contributed by atoms with E-state index in [2.05, 4.69) is 0 Å². The molecule has 0 spiro atoms. The molecule has 0 saturated carbocycles. The van der Waals surface area contributed by atoms with Crippen LogP contribution in [0.4, 0.5) is 0 Å². The third kappa shape index (κ3) is 4.05. The summed E-state index contributed by atoms with van der Waals surface area (Å²) in [5.41, 5.74) is 0.